The molecule has 0 spiro atoms. The molecule has 0 unspecified atom stereocenters. The summed E-state index contributed by atoms with van der Waals surface area (Å²) in [5.74, 6) is -0.950. The number of carbonyl (C=O) groups is 1. The molecule has 1 fully saturated rings. The first kappa shape index (κ1) is 13.9. The molecule has 0 radical (unpaired) electrons. The average molecular weight is 272 g/mol. The van der Waals surface area contributed by atoms with E-state index in [0.717, 1.165) is 32.0 Å². The minimum atomic E-state index is -4.56. The van der Waals surface area contributed by atoms with E-state index in [2.05, 4.69) is 5.32 Å². The molecule has 1 aromatic carbocycles. The predicted molar refractivity (Wildman–Crippen MR) is 64.8 cm³/mol. The van der Waals surface area contributed by atoms with Gasteiger partial charge in [-0.2, -0.15) is 13.2 Å². The maximum atomic E-state index is 12.9. The van der Waals surface area contributed by atoms with Gasteiger partial charge >= 0.3 is 6.18 Å². The molecule has 1 aliphatic rings. The Kier molecular flexibility index (Phi) is 3.80. The van der Waals surface area contributed by atoms with Gasteiger partial charge in [-0.15, -0.1) is 0 Å². The number of amides is 1. The summed E-state index contributed by atoms with van der Waals surface area (Å²) in [7, 11) is 0. The fraction of sp³-hybridized carbons (Fsp3) is 0.462. The molecule has 0 atom stereocenters. The van der Waals surface area contributed by atoms with Crippen molar-refractivity contribution in [1.29, 1.82) is 0 Å². The van der Waals surface area contributed by atoms with Crippen LogP contribution in [0.3, 0.4) is 0 Å². The highest BCUT2D eigenvalue weighted by Crippen LogP contribution is 2.35. The van der Waals surface area contributed by atoms with Crippen molar-refractivity contribution in [2.45, 2.75) is 24.9 Å². The Morgan fingerprint density at radius 1 is 1.26 bits per heavy atom. The molecular formula is C13H15F3N2O. The van der Waals surface area contributed by atoms with Crippen molar-refractivity contribution in [3.63, 3.8) is 0 Å². The zero-order valence-corrected chi connectivity index (χ0v) is 10.3. The number of benzene rings is 1. The molecule has 0 aliphatic carbocycles. The van der Waals surface area contributed by atoms with E-state index in [9.17, 15) is 18.0 Å². The molecule has 1 amide bonds. The van der Waals surface area contributed by atoms with E-state index >= 15 is 0 Å². The van der Waals surface area contributed by atoms with Crippen LogP contribution in [0.25, 0.3) is 0 Å². The Bertz CT molecular complexity index is 479. The van der Waals surface area contributed by atoms with E-state index in [0.29, 0.717) is 5.56 Å². The Balaban J connectivity index is 2.40. The Labute approximate surface area is 109 Å². The van der Waals surface area contributed by atoms with Crippen LogP contribution < -0.4 is 11.1 Å². The van der Waals surface area contributed by atoms with Crippen LogP contribution in [0.4, 0.5) is 13.2 Å². The monoisotopic (exact) mass is 272 g/mol. The summed E-state index contributed by atoms with van der Waals surface area (Å²) in [6.45, 7) is 1.59. The summed E-state index contributed by atoms with van der Waals surface area (Å²) >= 11 is 0. The first-order valence-electron chi connectivity index (χ1n) is 6.11. The van der Waals surface area contributed by atoms with Gasteiger partial charge in [0, 0.05) is 0 Å². The summed E-state index contributed by atoms with van der Waals surface area (Å²) < 4.78 is 38.8. The highest BCUT2D eigenvalue weighted by Gasteiger charge is 2.35. The largest absolute Gasteiger partial charge is 0.417 e. The van der Waals surface area contributed by atoms with Crippen molar-refractivity contribution in [2.24, 2.45) is 5.73 Å². The van der Waals surface area contributed by atoms with Crippen molar-refractivity contribution in [1.82, 2.24) is 5.32 Å². The molecule has 1 aliphatic heterocycles. The fourth-order valence-electron chi connectivity index (χ4n) is 2.42. The molecular weight excluding hydrogens is 257 g/mol. The first-order chi connectivity index (χ1) is 8.89. The molecule has 6 heteroatoms. The molecule has 1 heterocycles. The number of nitrogens with one attached hydrogen (secondary N) is 1. The molecule has 1 saturated heterocycles. The van der Waals surface area contributed by atoms with E-state index in [1.165, 1.54) is 6.07 Å². The number of primary amides is 1. The third kappa shape index (κ3) is 3.07. The highest BCUT2D eigenvalue weighted by molar-refractivity contribution is 5.94. The molecule has 2 rings (SSSR count). The van der Waals surface area contributed by atoms with Crippen LogP contribution in [0.1, 0.15) is 40.2 Å². The van der Waals surface area contributed by atoms with E-state index < -0.39 is 23.2 Å². The molecule has 0 saturated carbocycles. The Morgan fingerprint density at radius 2 is 1.89 bits per heavy atom. The Hall–Kier alpha value is -1.56. The van der Waals surface area contributed by atoms with Gasteiger partial charge in [0.05, 0.1) is 11.1 Å². The summed E-state index contributed by atoms with van der Waals surface area (Å²) in [6.07, 6.45) is -2.96. The summed E-state index contributed by atoms with van der Waals surface area (Å²) in [6, 6.07) is 3.82. The second-order valence-electron chi connectivity index (χ2n) is 4.69. The molecule has 0 aromatic heterocycles. The summed E-state index contributed by atoms with van der Waals surface area (Å²) in [5.41, 5.74) is 4.21. The second-order valence-corrected chi connectivity index (χ2v) is 4.69. The Morgan fingerprint density at radius 3 is 2.42 bits per heavy atom. The zero-order chi connectivity index (χ0) is 14.0. The quantitative estimate of drug-likeness (QED) is 0.867. The number of carbonyl (C=O) groups excluding carboxylic acids is 1. The van der Waals surface area contributed by atoms with Gasteiger partial charge in [-0.1, -0.05) is 6.07 Å². The lowest BCUT2D eigenvalue weighted by Gasteiger charge is -2.24. The van der Waals surface area contributed by atoms with Gasteiger partial charge in [-0.3, -0.25) is 4.79 Å². The van der Waals surface area contributed by atoms with Gasteiger partial charge in [0.15, 0.2) is 0 Å². The van der Waals surface area contributed by atoms with E-state index in [4.69, 9.17) is 5.73 Å². The lowest BCUT2D eigenvalue weighted by molar-refractivity contribution is -0.138. The van der Waals surface area contributed by atoms with Crippen LogP contribution in [0.2, 0.25) is 0 Å². The fourth-order valence-corrected chi connectivity index (χ4v) is 2.42. The van der Waals surface area contributed by atoms with Crippen LogP contribution in [0, 0.1) is 0 Å². The summed E-state index contributed by atoms with van der Waals surface area (Å²) in [5, 5.41) is 3.16. The normalized spacial score (nSPS) is 17.4. The molecule has 104 valence electrons. The molecule has 0 bridgehead atoms. The van der Waals surface area contributed by atoms with Gasteiger partial charge < -0.3 is 11.1 Å². The highest BCUT2D eigenvalue weighted by atomic mass is 19.4. The zero-order valence-electron chi connectivity index (χ0n) is 10.3. The predicted octanol–water partition coefficient (Wildman–Crippen LogP) is 2.27. The van der Waals surface area contributed by atoms with Gasteiger partial charge in [0.2, 0.25) is 5.91 Å². The number of nitrogens with two attached hydrogens (primary N) is 1. The SMILES string of the molecule is NC(=O)c1ccc(C2CCNCC2)cc1C(F)(F)F. The molecule has 19 heavy (non-hydrogen) atoms. The van der Waals surface area contributed by atoms with Crippen LogP contribution >= 0.6 is 0 Å². The number of hydrogen-bond acceptors (Lipinski definition) is 2. The lowest BCUT2D eigenvalue weighted by atomic mass is 9.88. The molecule has 3 nitrogen and oxygen atoms in total. The second kappa shape index (κ2) is 5.21. The number of hydrogen-bond donors (Lipinski definition) is 2. The van der Waals surface area contributed by atoms with Crippen molar-refractivity contribution < 1.29 is 18.0 Å². The van der Waals surface area contributed by atoms with Crippen LogP contribution in [-0.4, -0.2) is 19.0 Å². The molecule has 3 N–H and O–H groups in total. The standard InChI is InChI=1S/C13H15F3N2O/c14-13(15,16)11-7-9(1-2-10(11)12(17)19)8-3-5-18-6-4-8/h1-2,7-8,18H,3-6H2,(H2,17,19). The van der Waals surface area contributed by atoms with Crippen molar-refractivity contribution in [2.75, 3.05) is 13.1 Å². The van der Waals surface area contributed by atoms with Crippen molar-refractivity contribution in [3.8, 4) is 0 Å². The lowest BCUT2D eigenvalue weighted by Crippen LogP contribution is -2.27. The average Bonchev–Trinajstić information content (AvgIpc) is 2.38. The summed E-state index contributed by atoms with van der Waals surface area (Å²) in [4.78, 5) is 11.1. The van der Waals surface area contributed by atoms with Crippen LogP contribution in [-0.2, 0) is 6.18 Å². The van der Waals surface area contributed by atoms with Crippen LogP contribution in [0.15, 0.2) is 18.2 Å². The third-order valence-electron chi connectivity index (χ3n) is 3.43. The van der Waals surface area contributed by atoms with Crippen LogP contribution in [0.5, 0.6) is 0 Å². The van der Waals surface area contributed by atoms with Gasteiger partial charge in [0.25, 0.3) is 0 Å². The van der Waals surface area contributed by atoms with Crippen molar-refractivity contribution >= 4 is 5.91 Å². The molecule has 1 aromatic rings. The maximum Gasteiger partial charge on any atom is 0.417 e. The van der Waals surface area contributed by atoms with E-state index in [-0.39, 0.29) is 5.92 Å². The number of alkyl halides is 3. The number of rotatable bonds is 2. The van der Waals surface area contributed by atoms with Gasteiger partial charge in [-0.25, -0.2) is 0 Å². The van der Waals surface area contributed by atoms with Crippen molar-refractivity contribution in [3.05, 3.63) is 34.9 Å². The topological polar surface area (TPSA) is 55.1 Å². The number of halogens is 3. The minimum absolute atomic E-state index is 0.101. The van der Waals surface area contributed by atoms with E-state index in [1.807, 2.05) is 0 Å². The van der Waals surface area contributed by atoms with E-state index in [1.54, 1.807) is 6.07 Å². The van der Waals surface area contributed by atoms with Gasteiger partial charge in [0.1, 0.15) is 0 Å². The number of piperidine rings is 1. The third-order valence-corrected chi connectivity index (χ3v) is 3.43. The first-order valence-corrected chi connectivity index (χ1v) is 6.11. The smallest absolute Gasteiger partial charge is 0.366 e. The minimum Gasteiger partial charge on any atom is -0.366 e. The van der Waals surface area contributed by atoms with Gasteiger partial charge in [-0.05, 0) is 49.5 Å². The maximum absolute atomic E-state index is 12.9.